The molecule has 0 nitrogen and oxygen atoms in total. The zero-order valence-corrected chi connectivity index (χ0v) is 3.16. The van der Waals surface area contributed by atoms with Gasteiger partial charge in [-0.3, -0.25) is 0 Å². The molecule has 0 amide bonds. The molecule has 4 heavy (non-hydrogen) atoms. The summed E-state index contributed by atoms with van der Waals surface area (Å²) in [7, 11) is 0. The number of rotatable bonds is 0. The van der Waals surface area contributed by atoms with E-state index in [9.17, 15) is 0 Å². The van der Waals surface area contributed by atoms with Gasteiger partial charge < -0.3 is 0 Å². The third kappa shape index (κ3) is 1410. The van der Waals surface area contributed by atoms with Crippen molar-refractivity contribution in [1.82, 2.24) is 0 Å². The predicted molar refractivity (Wildman–Crippen MR) is 14.8 cm³/mol. The van der Waals surface area contributed by atoms with Crippen LogP contribution in [-0.2, 0) is 17.1 Å². The van der Waals surface area contributed by atoms with Crippen molar-refractivity contribution < 1.29 is 17.1 Å². The van der Waals surface area contributed by atoms with Crippen LogP contribution < -0.4 is 0 Å². The summed E-state index contributed by atoms with van der Waals surface area (Å²) in [5.74, 6) is 0. The molecule has 0 aromatic carbocycles. The molecule has 0 atom stereocenters. The fraction of sp³-hybridized carbons (Fsp3) is 0. The molecule has 0 N–H and O–H groups in total. The summed E-state index contributed by atoms with van der Waals surface area (Å²) >= 11 is 0. The van der Waals surface area contributed by atoms with Crippen LogP contribution in [0.15, 0.2) is 18.9 Å². The van der Waals surface area contributed by atoms with Gasteiger partial charge in [0.15, 0.2) is 0 Å². The molecule has 1 heteroatoms. The molecule has 0 saturated carbocycles. The van der Waals surface area contributed by atoms with Crippen LogP contribution in [0.5, 0.6) is 0 Å². The van der Waals surface area contributed by atoms with Crippen LogP contribution in [0.4, 0.5) is 0 Å². The van der Waals surface area contributed by atoms with Crippen molar-refractivity contribution >= 4 is 0 Å². The van der Waals surface area contributed by atoms with Crippen LogP contribution in [0, 0.1) is 0 Å². The molecular formula is C3H4Cu. The van der Waals surface area contributed by atoms with E-state index in [4.69, 9.17) is 0 Å². The molecule has 0 aromatic rings. The van der Waals surface area contributed by atoms with Crippen molar-refractivity contribution in [1.29, 1.82) is 0 Å². The number of hydrogen-bond acceptors (Lipinski definition) is 0. The molecule has 0 spiro atoms. The zero-order chi connectivity index (χ0) is 2.71. The Hall–Kier alpha value is 0.0395. The second kappa shape index (κ2) is 11.7. The molecule has 0 aromatic heterocycles. The van der Waals surface area contributed by atoms with Gasteiger partial charge >= 0.3 is 0 Å². The Bertz CT molecular complexity index is 24.3. The van der Waals surface area contributed by atoms with Gasteiger partial charge in [0.05, 0.1) is 0 Å². The topological polar surface area (TPSA) is 0 Å². The maximum Gasteiger partial charge on any atom is 0 e. The molecule has 0 saturated heterocycles. The Balaban J connectivity index is 0. The summed E-state index contributed by atoms with van der Waals surface area (Å²) in [6.07, 6.45) is 0. The van der Waals surface area contributed by atoms with Crippen LogP contribution in [-0.4, -0.2) is 0 Å². The first-order chi connectivity index (χ1) is 1.41. The minimum Gasteiger partial charge on any atom is -0.137 e. The molecule has 0 bridgehead atoms. The van der Waals surface area contributed by atoms with Gasteiger partial charge in [0.25, 0.3) is 0 Å². The Morgan fingerprint density at radius 1 is 1.25 bits per heavy atom. The third-order valence-corrected chi connectivity index (χ3v) is 0. The predicted octanol–water partition coefficient (Wildman–Crippen LogP) is 0.955. The SMILES string of the molecule is C=C=C.[Cu]. The van der Waals surface area contributed by atoms with E-state index in [1.807, 2.05) is 0 Å². The largest absolute Gasteiger partial charge is 0.137 e. The normalized spacial score (nSPS) is 2.00. The van der Waals surface area contributed by atoms with E-state index in [1.165, 1.54) is 0 Å². The van der Waals surface area contributed by atoms with Crippen LogP contribution in [0.1, 0.15) is 0 Å². The second-order valence-corrected chi connectivity index (χ2v) is 0.250. The smallest absolute Gasteiger partial charge is 0 e. The standard InChI is InChI=1S/C3H4.Cu/c1-3-2;/h1-2H2;. The first kappa shape index (κ1) is 8.97. The summed E-state index contributed by atoms with van der Waals surface area (Å²) in [6, 6.07) is 0. The van der Waals surface area contributed by atoms with E-state index >= 15 is 0 Å². The Labute approximate surface area is 36.7 Å². The number of hydrogen-bond donors (Lipinski definition) is 0. The Morgan fingerprint density at radius 2 is 1.25 bits per heavy atom. The molecular weight excluding hydrogens is 99.6 g/mol. The fourth-order valence-electron chi connectivity index (χ4n) is 0. The minimum absolute atomic E-state index is 0. The molecule has 1 radical (unpaired) electrons. The van der Waals surface area contributed by atoms with Crippen molar-refractivity contribution in [2.45, 2.75) is 0 Å². The molecule has 0 unspecified atom stereocenters. The average Bonchev–Trinajstić information content (AvgIpc) is 0.918. The molecule has 0 aliphatic rings. The van der Waals surface area contributed by atoms with Crippen molar-refractivity contribution in [3.05, 3.63) is 18.9 Å². The van der Waals surface area contributed by atoms with Gasteiger partial charge in [-0.2, -0.15) is 0 Å². The zero-order valence-electron chi connectivity index (χ0n) is 2.22. The fourth-order valence-corrected chi connectivity index (χ4v) is 0. The second-order valence-electron chi connectivity index (χ2n) is 0.250. The molecule has 0 aliphatic heterocycles. The molecule has 0 fully saturated rings. The van der Waals surface area contributed by atoms with Crippen LogP contribution >= 0.6 is 0 Å². The van der Waals surface area contributed by atoms with Gasteiger partial charge in [-0.25, -0.2) is 0 Å². The van der Waals surface area contributed by atoms with Gasteiger partial charge in [0.1, 0.15) is 0 Å². The maximum atomic E-state index is 3.12. The van der Waals surface area contributed by atoms with Crippen LogP contribution in [0.25, 0.3) is 0 Å². The van der Waals surface area contributed by atoms with Crippen molar-refractivity contribution in [3.8, 4) is 0 Å². The van der Waals surface area contributed by atoms with E-state index in [0.29, 0.717) is 0 Å². The van der Waals surface area contributed by atoms with Crippen molar-refractivity contribution in [3.63, 3.8) is 0 Å². The van der Waals surface area contributed by atoms with E-state index in [1.54, 1.807) is 0 Å². The molecule has 0 aliphatic carbocycles. The van der Waals surface area contributed by atoms with Gasteiger partial charge in [-0.15, -0.1) is 5.73 Å². The van der Waals surface area contributed by atoms with Gasteiger partial charge in [-0.05, 0) is 0 Å². The van der Waals surface area contributed by atoms with Crippen molar-refractivity contribution in [2.75, 3.05) is 0 Å². The average molecular weight is 104 g/mol. The van der Waals surface area contributed by atoms with Crippen LogP contribution in [0.3, 0.4) is 0 Å². The van der Waals surface area contributed by atoms with Crippen LogP contribution in [0.2, 0.25) is 0 Å². The van der Waals surface area contributed by atoms with E-state index in [2.05, 4.69) is 18.9 Å². The first-order valence-corrected chi connectivity index (χ1v) is 0.707. The summed E-state index contributed by atoms with van der Waals surface area (Å²) < 4.78 is 0. The molecule has 0 rings (SSSR count). The summed E-state index contributed by atoms with van der Waals surface area (Å²) in [5.41, 5.74) is 2.25. The van der Waals surface area contributed by atoms with Gasteiger partial charge in [0.2, 0.25) is 0 Å². The van der Waals surface area contributed by atoms with E-state index in [0.717, 1.165) is 0 Å². The minimum atomic E-state index is 0. The quantitative estimate of drug-likeness (QED) is 0.317. The maximum absolute atomic E-state index is 3.12. The summed E-state index contributed by atoms with van der Waals surface area (Å²) in [6.45, 7) is 6.25. The molecule has 0 heterocycles. The first-order valence-electron chi connectivity index (χ1n) is 0.707. The van der Waals surface area contributed by atoms with Gasteiger partial charge in [0, 0.05) is 17.1 Å². The van der Waals surface area contributed by atoms with E-state index in [-0.39, 0.29) is 17.1 Å². The third-order valence-electron chi connectivity index (χ3n) is 0. The Kier molecular flexibility index (Phi) is 26.2. The van der Waals surface area contributed by atoms with E-state index < -0.39 is 0 Å². The Morgan fingerprint density at radius 3 is 1.25 bits per heavy atom. The summed E-state index contributed by atoms with van der Waals surface area (Å²) in [4.78, 5) is 0. The molecule has 27 valence electrons. The monoisotopic (exact) mass is 103 g/mol. The van der Waals surface area contributed by atoms with Gasteiger partial charge in [-0.1, -0.05) is 13.2 Å². The summed E-state index contributed by atoms with van der Waals surface area (Å²) in [5, 5.41) is 0. The van der Waals surface area contributed by atoms with Crippen molar-refractivity contribution in [2.24, 2.45) is 0 Å².